The van der Waals surface area contributed by atoms with Gasteiger partial charge in [0.05, 0.1) is 11.6 Å². The first-order valence-corrected chi connectivity index (χ1v) is 5.98. The molecule has 0 aliphatic heterocycles. The summed E-state index contributed by atoms with van der Waals surface area (Å²) in [6, 6.07) is 4.04. The number of methoxy groups -OCH3 is 1. The average Bonchev–Trinajstić information content (AvgIpc) is 2.58. The predicted octanol–water partition coefficient (Wildman–Crippen LogP) is 2.45. The van der Waals surface area contributed by atoms with Crippen molar-refractivity contribution in [1.82, 2.24) is 4.57 Å². The molecule has 0 bridgehead atoms. The van der Waals surface area contributed by atoms with Crippen LogP contribution in [0.15, 0.2) is 22.8 Å². The van der Waals surface area contributed by atoms with Crippen LogP contribution in [-0.2, 0) is 13.5 Å². The summed E-state index contributed by atoms with van der Waals surface area (Å²) in [5, 5.41) is 1.20. The van der Waals surface area contributed by atoms with Crippen LogP contribution in [0.4, 0.5) is 0 Å². The van der Waals surface area contributed by atoms with Crippen molar-refractivity contribution in [2.24, 2.45) is 12.8 Å². The molecular weight excluding hydrogens is 268 g/mol. The molecule has 16 heavy (non-hydrogen) atoms. The van der Waals surface area contributed by atoms with E-state index in [1.165, 1.54) is 16.5 Å². The molecule has 2 N–H and O–H groups in total. The lowest BCUT2D eigenvalue weighted by atomic mass is 10.1. The van der Waals surface area contributed by atoms with Gasteiger partial charge in [-0.1, -0.05) is 0 Å². The number of nitrogens with zero attached hydrogens (tertiary/aromatic N) is 1. The molecule has 1 heterocycles. The Morgan fingerprint density at radius 2 is 2.19 bits per heavy atom. The van der Waals surface area contributed by atoms with Crippen molar-refractivity contribution in [2.45, 2.75) is 6.42 Å². The molecule has 3 nitrogen and oxygen atoms in total. The largest absolute Gasteiger partial charge is 0.496 e. The van der Waals surface area contributed by atoms with Crippen molar-refractivity contribution in [3.63, 3.8) is 0 Å². The van der Waals surface area contributed by atoms with Gasteiger partial charge in [-0.3, -0.25) is 0 Å². The molecule has 1 aromatic carbocycles. The summed E-state index contributed by atoms with van der Waals surface area (Å²) < 4.78 is 8.43. The zero-order chi connectivity index (χ0) is 11.7. The summed E-state index contributed by atoms with van der Waals surface area (Å²) >= 11 is 3.60. The number of hydrogen-bond donors (Lipinski definition) is 1. The van der Waals surface area contributed by atoms with E-state index in [-0.39, 0.29) is 0 Å². The Balaban J connectivity index is 2.73. The number of rotatable bonds is 3. The Morgan fingerprint density at radius 3 is 2.81 bits per heavy atom. The van der Waals surface area contributed by atoms with Gasteiger partial charge < -0.3 is 15.0 Å². The number of halogens is 1. The monoisotopic (exact) mass is 282 g/mol. The standard InChI is InChI=1S/C12H15BrN2O/c1-15-7-8(5-6-14)11-9(15)3-4-10(16-2)12(11)13/h3-4,7H,5-6,14H2,1-2H3. The molecule has 0 saturated carbocycles. The van der Waals surface area contributed by atoms with Crippen LogP contribution in [0.25, 0.3) is 10.9 Å². The quantitative estimate of drug-likeness (QED) is 0.940. The SMILES string of the molecule is COc1ccc2c(c(CCN)cn2C)c1Br. The molecule has 0 atom stereocenters. The topological polar surface area (TPSA) is 40.2 Å². The van der Waals surface area contributed by atoms with Gasteiger partial charge in [-0.2, -0.15) is 0 Å². The van der Waals surface area contributed by atoms with Crippen molar-refractivity contribution in [3.05, 3.63) is 28.4 Å². The van der Waals surface area contributed by atoms with Crippen LogP contribution in [0.5, 0.6) is 5.75 Å². The summed E-state index contributed by atoms with van der Waals surface area (Å²) in [4.78, 5) is 0. The number of benzene rings is 1. The van der Waals surface area contributed by atoms with Crippen molar-refractivity contribution >= 4 is 26.8 Å². The van der Waals surface area contributed by atoms with Gasteiger partial charge in [-0.25, -0.2) is 0 Å². The molecule has 2 rings (SSSR count). The van der Waals surface area contributed by atoms with Gasteiger partial charge in [0.15, 0.2) is 0 Å². The highest BCUT2D eigenvalue weighted by molar-refractivity contribution is 9.10. The van der Waals surface area contributed by atoms with Crippen LogP contribution < -0.4 is 10.5 Å². The highest BCUT2D eigenvalue weighted by Gasteiger charge is 2.12. The molecule has 4 heteroatoms. The third-order valence-electron chi connectivity index (χ3n) is 2.77. The fourth-order valence-electron chi connectivity index (χ4n) is 2.02. The Hall–Kier alpha value is -1.00. The smallest absolute Gasteiger partial charge is 0.133 e. The number of nitrogens with two attached hydrogens (primary N) is 1. The third kappa shape index (κ3) is 1.72. The van der Waals surface area contributed by atoms with Crippen molar-refractivity contribution in [1.29, 1.82) is 0 Å². The lowest BCUT2D eigenvalue weighted by Crippen LogP contribution is -2.02. The number of aromatic nitrogens is 1. The molecule has 0 aliphatic rings. The molecule has 0 aliphatic carbocycles. The van der Waals surface area contributed by atoms with E-state index >= 15 is 0 Å². The molecular formula is C12H15BrN2O. The highest BCUT2D eigenvalue weighted by atomic mass is 79.9. The van der Waals surface area contributed by atoms with Crippen LogP contribution in [0, 0.1) is 0 Å². The van der Waals surface area contributed by atoms with Gasteiger partial charge in [0.25, 0.3) is 0 Å². The van der Waals surface area contributed by atoms with Crippen LogP contribution in [0.1, 0.15) is 5.56 Å². The van der Waals surface area contributed by atoms with Gasteiger partial charge in [-0.15, -0.1) is 0 Å². The second-order valence-corrected chi connectivity index (χ2v) is 4.57. The first-order valence-electron chi connectivity index (χ1n) is 5.19. The Labute approximate surface area is 103 Å². The minimum absolute atomic E-state index is 0.656. The minimum Gasteiger partial charge on any atom is -0.496 e. The second kappa shape index (κ2) is 4.47. The molecule has 0 radical (unpaired) electrons. The number of hydrogen-bond acceptors (Lipinski definition) is 2. The summed E-state index contributed by atoms with van der Waals surface area (Å²) in [6.07, 6.45) is 3.00. The van der Waals surface area contributed by atoms with Gasteiger partial charge in [0.1, 0.15) is 5.75 Å². The van der Waals surface area contributed by atoms with E-state index in [2.05, 4.69) is 32.8 Å². The molecule has 0 saturated heterocycles. The van der Waals surface area contributed by atoms with E-state index in [1.54, 1.807) is 7.11 Å². The maximum absolute atomic E-state index is 5.63. The van der Waals surface area contributed by atoms with E-state index < -0.39 is 0 Å². The third-order valence-corrected chi connectivity index (χ3v) is 3.56. The van der Waals surface area contributed by atoms with E-state index in [4.69, 9.17) is 10.5 Å². The van der Waals surface area contributed by atoms with Crippen LogP contribution in [-0.4, -0.2) is 18.2 Å². The summed E-state index contributed by atoms with van der Waals surface area (Å²) in [5.74, 6) is 0.858. The molecule has 1 aromatic heterocycles. The molecule has 86 valence electrons. The van der Waals surface area contributed by atoms with E-state index in [9.17, 15) is 0 Å². The van der Waals surface area contributed by atoms with E-state index in [1.807, 2.05) is 13.1 Å². The summed E-state index contributed by atoms with van der Waals surface area (Å²) in [7, 11) is 3.72. The van der Waals surface area contributed by atoms with Crippen LogP contribution in [0.2, 0.25) is 0 Å². The Bertz CT molecular complexity index is 519. The lowest BCUT2D eigenvalue weighted by molar-refractivity contribution is 0.413. The molecule has 0 spiro atoms. The van der Waals surface area contributed by atoms with Gasteiger partial charge in [-0.05, 0) is 46.6 Å². The van der Waals surface area contributed by atoms with E-state index in [0.29, 0.717) is 6.54 Å². The zero-order valence-electron chi connectivity index (χ0n) is 9.46. The maximum atomic E-state index is 5.63. The van der Waals surface area contributed by atoms with E-state index in [0.717, 1.165) is 16.6 Å². The highest BCUT2D eigenvalue weighted by Crippen LogP contribution is 2.35. The predicted molar refractivity (Wildman–Crippen MR) is 69.9 cm³/mol. The molecule has 0 unspecified atom stereocenters. The fourth-order valence-corrected chi connectivity index (χ4v) is 2.77. The Morgan fingerprint density at radius 1 is 1.44 bits per heavy atom. The normalized spacial score (nSPS) is 11.0. The number of ether oxygens (including phenoxy) is 1. The molecule has 0 fully saturated rings. The first-order chi connectivity index (χ1) is 7.69. The van der Waals surface area contributed by atoms with Crippen molar-refractivity contribution in [3.8, 4) is 5.75 Å². The lowest BCUT2D eigenvalue weighted by Gasteiger charge is -2.06. The van der Waals surface area contributed by atoms with Crippen molar-refractivity contribution in [2.75, 3.05) is 13.7 Å². The van der Waals surface area contributed by atoms with Gasteiger partial charge >= 0.3 is 0 Å². The van der Waals surface area contributed by atoms with Crippen LogP contribution >= 0.6 is 15.9 Å². The number of aryl methyl sites for hydroxylation is 1. The second-order valence-electron chi connectivity index (χ2n) is 3.78. The Kier molecular flexibility index (Phi) is 3.21. The summed E-state index contributed by atoms with van der Waals surface area (Å²) in [6.45, 7) is 0.656. The number of fused-ring (bicyclic) bond motifs is 1. The first kappa shape index (κ1) is 11.5. The molecule has 0 amide bonds. The zero-order valence-corrected chi connectivity index (χ0v) is 11.0. The average molecular weight is 283 g/mol. The molecule has 2 aromatic rings. The van der Waals surface area contributed by atoms with Crippen molar-refractivity contribution < 1.29 is 4.74 Å². The fraction of sp³-hybridized carbons (Fsp3) is 0.333. The minimum atomic E-state index is 0.656. The van der Waals surface area contributed by atoms with Gasteiger partial charge in [0, 0.05) is 24.1 Å². The van der Waals surface area contributed by atoms with Crippen LogP contribution in [0.3, 0.4) is 0 Å². The van der Waals surface area contributed by atoms with Gasteiger partial charge in [0.2, 0.25) is 0 Å². The summed E-state index contributed by atoms with van der Waals surface area (Å²) in [5.41, 5.74) is 8.07. The maximum Gasteiger partial charge on any atom is 0.133 e.